The molecule has 1 aromatic carbocycles. The van der Waals surface area contributed by atoms with E-state index in [9.17, 15) is 4.39 Å². The highest BCUT2D eigenvalue weighted by atomic mass is 19.1. The van der Waals surface area contributed by atoms with E-state index < -0.39 is 5.82 Å². The summed E-state index contributed by atoms with van der Waals surface area (Å²) in [5.74, 6) is -0.532. The highest BCUT2D eigenvalue weighted by molar-refractivity contribution is 5.97. The highest BCUT2D eigenvalue weighted by Gasteiger charge is 2.08. The lowest BCUT2D eigenvalue weighted by Crippen LogP contribution is -2.14. The van der Waals surface area contributed by atoms with Gasteiger partial charge in [0.25, 0.3) is 0 Å². The Labute approximate surface area is 99.9 Å². The zero-order chi connectivity index (χ0) is 12.8. The Morgan fingerprint density at radius 1 is 1.59 bits per heavy atom. The smallest absolute Gasteiger partial charge is 0.170 e. The lowest BCUT2D eigenvalue weighted by molar-refractivity contribution is 0.0492. The van der Waals surface area contributed by atoms with Gasteiger partial charge in [0.2, 0.25) is 0 Å². The molecule has 0 aliphatic rings. The van der Waals surface area contributed by atoms with Crippen LogP contribution in [0.15, 0.2) is 23.4 Å². The fraction of sp³-hybridized carbons (Fsp3) is 0.417. The predicted octanol–water partition coefficient (Wildman–Crippen LogP) is 2.24. The van der Waals surface area contributed by atoms with E-state index >= 15 is 0 Å². The Kier molecular flexibility index (Phi) is 4.90. The molecular weight excluding hydrogens is 223 g/mol. The summed E-state index contributed by atoms with van der Waals surface area (Å²) in [7, 11) is 0. The summed E-state index contributed by atoms with van der Waals surface area (Å²) in [5, 5.41) is 11.3. The maximum Gasteiger partial charge on any atom is 0.170 e. The van der Waals surface area contributed by atoms with E-state index in [-0.39, 0.29) is 18.5 Å². The van der Waals surface area contributed by atoms with Crippen LogP contribution >= 0.6 is 0 Å². The van der Waals surface area contributed by atoms with Crippen molar-refractivity contribution in [3.63, 3.8) is 0 Å². The Bertz CT molecular complexity index is 407. The number of nitrogens with zero attached hydrogens (tertiary/aromatic N) is 1. The predicted molar refractivity (Wildman–Crippen MR) is 63.5 cm³/mol. The summed E-state index contributed by atoms with van der Waals surface area (Å²) in [4.78, 5) is 0. The number of nitrogens with two attached hydrogens (primary N) is 1. The molecule has 0 spiro atoms. The van der Waals surface area contributed by atoms with Crippen LogP contribution in [0.5, 0.6) is 0 Å². The minimum absolute atomic E-state index is 0.0955. The van der Waals surface area contributed by atoms with Gasteiger partial charge in [-0.2, -0.15) is 0 Å². The molecule has 1 rings (SSSR count). The van der Waals surface area contributed by atoms with Crippen LogP contribution in [0.1, 0.15) is 31.4 Å². The van der Waals surface area contributed by atoms with Crippen molar-refractivity contribution < 1.29 is 14.3 Å². The molecule has 4 nitrogen and oxygen atoms in total. The SMILES string of the molecule is CCC(C)OCc1ccc(/C(N)=N/O)cc1F. The first-order valence-electron chi connectivity index (χ1n) is 5.46. The fourth-order valence-corrected chi connectivity index (χ4v) is 1.23. The number of amidine groups is 1. The molecule has 0 saturated heterocycles. The van der Waals surface area contributed by atoms with Crippen molar-refractivity contribution in [1.82, 2.24) is 0 Å². The molecule has 1 unspecified atom stereocenters. The van der Waals surface area contributed by atoms with Gasteiger partial charge in [0, 0.05) is 11.1 Å². The van der Waals surface area contributed by atoms with Crippen LogP contribution in [0, 0.1) is 5.82 Å². The van der Waals surface area contributed by atoms with Crippen LogP contribution in [0.25, 0.3) is 0 Å². The van der Waals surface area contributed by atoms with E-state index in [4.69, 9.17) is 15.7 Å². The number of halogens is 1. The molecule has 0 amide bonds. The number of hydrogen-bond acceptors (Lipinski definition) is 3. The molecule has 5 heteroatoms. The molecule has 0 fully saturated rings. The van der Waals surface area contributed by atoms with Crippen molar-refractivity contribution in [3.05, 3.63) is 35.1 Å². The summed E-state index contributed by atoms with van der Waals surface area (Å²) in [5.41, 5.74) is 6.16. The second-order valence-electron chi connectivity index (χ2n) is 3.82. The van der Waals surface area contributed by atoms with E-state index in [1.807, 2.05) is 13.8 Å². The van der Waals surface area contributed by atoms with Gasteiger partial charge in [0.15, 0.2) is 5.84 Å². The van der Waals surface area contributed by atoms with Crippen LogP contribution in [0.4, 0.5) is 4.39 Å². The second kappa shape index (κ2) is 6.20. The molecular formula is C12H17FN2O2. The van der Waals surface area contributed by atoms with Crippen LogP contribution in [-0.4, -0.2) is 17.1 Å². The molecule has 0 aromatic heterocycles. The van der Waals surface area contributed by atoms with Gasteiger partial charge in [-0.3, -0.25) is 0 Å². The minimum atomic E-state index is -0.419. The third-order valence-corrected chi connectivity index (χ3v) is 2.55. The zero-order valence-corrected chi connectivity index (χ0v) is 9.98. The third-order valence-electron chi connectivity index (χ3n) is 2.55. The van der Waals surface area contributed by atoms with Crippen molar-refractivity contribution in [1.29, 1.82) is 0 Å². The van der Waals surface area contributed by atoms with E-state index in [1.165, 1.54) is 6.07 Å². The van der Waals surface area contributed by atoms with E-state index in [2.05, 4.69) is 5.16 Å². The topological polar surface area (TPSA) is 67.8 Å². The van der Waals surface area contributed by atoms with Crippen molar-refractivity contribution >= 4 is 5.84 Å². The molecule has 94 valence electrons. The molecule has 1 atom stereocenters. The monoisotopic (exact) mass is 240 g/mol. The van der Waals surface area contributed by atoms with Crippen molar-refractivity contribution in [3.8, 4) is 0 Å². The van der Waals surface area contributed by atoms with Gasteiger partial charge in [0.1, 0.15) is 5.82 Å². The molecule has 17 heavy (non-hydrogen) atoms. The summed E-state index contributed by atoms with van der Waals surface area (Å²) < 4.78 is 19.1. The summed E-state index contributed by atoms with van der Waals surface area (Å²) in [6.07, 6.45) is 0.974. The molecule has 0 saturated carbocycles. The quantitative estimate of drug-likeness (QED) is 0.359. The second-order valence-corrected chi connectivity index (χ2v) is 3.82. The normalized spacial score (nSPS) is 13.7. The molecule has 0 aliphatic heterocycles. The molecule has 1 aromatic rings. The lowest BCUT2D eigenvalue weighted by Gasteiger charge is -2.11. The summed E-state index contributed by atoms with van der Waals surface area (Å²) in [6.45, 7) is 4.16. The number of rotatable bonds is 5. The average molecular weight is 240 g/mol. The first-order chi connectivity index (χ1) is 8.08. The number of ether oxygens (including phenoxy) is 1. The molecule has 0 radical (unpaired) electrons. The molecule has 0 aliphatic carbocycles. The first kappa shape index (κ1) is 13.4. The Balaban J connectivity index is 2.76. The van der Waals surface area contributed by atoms with Crippen molar-refractivity contribution in [2.45, 2.75) is 33.0 Å². The molecule has 0 bridgehead atoms. The Morgan fingerprint density at radius 3 is 2.82 bits per heavy atom. The molecule has 3 N–H and O–H groups in total. The summed E-state index contributed by atoms with van der Waals surface area (Å²) in [6, 6.07) is 4.39. The standard InChI is InChI=1S/C12H17FN2O2/c1-3-8(2)17-7-10-5-4-9(6-11(10)13)12(14)15-16/h4-6,8,16H,3,7H2,1-2H3,(H2,14,15). The van der Waals surface area contributed by atoms with Crippen LogP contribution < -0.4 is 5.73 Å². The Morgan fingerprint density at radius 2 is 2.29 bits per heavy atom. The third kappa shape index (κ3) is 3.71. The largest absolute Gasteiger partial charge is 0.409 e. The van der Waals surface area contributed by atoms with Crippen LogP contribution in [0.3, 0.4) is 0 Å². The van der Waals surface area contributed by atoms with Crippen molar-refractivity contribution in [2.75, 3.05) is 0 Å². The summed E-state index contributed by atoms with van der Waals surface area (Å²) >= 11 is 0. The van der Waals surface area contributed by atoms with Gasteiger partial charge in [0.05, 0.1) is 12.7 Å². The number of benzene rings is 1. The van der Waals surface area contributed by atoms with E-state index in [0.717, 1.165) is 6.42 Å². The maximum absolute atomic E-state index is 13.6. The van der Waals surface area contributed by atoms with Gasteiger partial charge < -0.3 is 15.7 Å². The van der Waals surface area contributed by atoms with Crippen LogP contribution in [-0.2, 0) is 11.3 Å². The fourth-order valence-electron chi connectivity index (χ4n) is 1.23. The average Bonchev–Trinajstić information content (AvgIpc) is 2.35. The van der Waals surface area contributed by atoms with Crippen molar-refractivity contribution in [2.24, 2.45) is 10.9 Å². The number of hydrogen-bond donors (Lipinski definition) is 2. The van der Waals surface area contributed by atoms with Crippen LogP contribution in [0.2, 0.25) is 0 Å². The van der Waals surface area contributed by atoms with E-state index in [0.29, 0.717) is 11.1 Å². The Hall–Kier alpha value is -1.62. The van der Waals surface area contributed by atoms with E-state index in [1.54, 1.807) is 12.1 Å². The lowest BCUT2D eigenvalue weighted by atomic mass is 10.1. The number of oxime groups is 1. The first-order valence-corrected chi connectivity index (χ1v) is 5.46. The van der Waals surface area contributed by atoms with Gasteiger partial charge in [-0.15, -0.1) is 0 Å². The van der Waals surface area contributed by atoms with Gasteiger partial charge in [-0.05, 0) is 19.4 Å². The highest BCUT2D eigenvalue weighted by Crippen LogP contribution is 2.13. The van der Waals surface area contributed by atoms with Gasteiger partial charge in [-0.1, -0.05) is 24.2 Å². The zero-order valence-electron chi connectivity index (χ0n) is 9.98. The van der Waals surface area contributed by atoms with Gasteiger partial charge in [-0.25, -0.2) is 4.39 Å². The maximum atomic E-state index is 13.6. The molecule has 0 heterocycles. The van der Waals surface area contributed by atoms with Gasteiger partial charge >= 0.3 is 0 Å². The minimum Gasteiger partial charge on any atom is -0.409 e.